The smallest absolute Gasteiger partial charge is 0.309 e. The second-order valence-electron chi connectivity index (χ2n) is 18.4. The van der Waals surface area contributed by atoms with Crippen molar-refractivity contribution >= 4 is 35.3 Å². The van der Waals surface area contributed by atoms with Crippen molar-refractivity contribution in [2.24, 2.45) is 69.5 Å². The zero-order chi connectivity index (χ0) is 42.9. The van der Waals surface area contributed by atoms with Gasteiger partial charge in [0.1, 0.15) is 29.6 Å². The Morgan fingerprint density at radius 2 is 0.875 bits per heavy atom. The molecule has 0 radical (unpaired) electrons. The van der Waals surface area contributed by atoms with Gasteiger partial charge in [-0.3, -0.25) is 28.8 Å². The van der Waals surface area contributed by atoms with E-state index in [-0.39, 0.29) is 69.9 Å². The predicted molar refractivity (Wildman–Crippen MR) is 220 cm³/mol. The number of ether oxygens (including phenoxy) is 3. The van der Waals surface area contributed by atoms with Gasteiger partial charge in [0.15, 0.2) is 0 Å². The molecule has 0 aromatic heterocycles. The van der Waals surface area contributed by atoms with Crippen molar-refractivity contribution in [2.75, 3.05) is 6.61 Å². The third-order valence-corrected chi connectivity index (χ3v) is 14.5. The maximum Gasteiger partial charge on any atom is 0.309 e. The largest absolute Gasteiger partial charge is 0.465 e. The number of esters is 3. The number of rotatable bonds is 12. The average molecular weight is 789 g/mol. The van der Waals surface area contributed by atoms with Crippen molar-refractivity contribution in [3.8, 4) is 0 Å². The number of fused-ring (bicyclic) bond motifs is 2. The Balaban J connectivity index is 0.000000274. The van der Waals surface area contributed by atoms with Gasteiger partial charge in [-0.05, 0) is 63.2 Å². The van der Waals surface area contributed by atoms with Gasteiger partial charge in [0.2, 0.25) is 0 Å². The van der Waals surface area contributed by atoms with E-state index in [1.807, 2.05) is 90.0 Å². The van der Waals surface area contributed by atoms with Crippen molar-refractivity contribution in [3.63, 3.8) is 0 Å². The third-order valence-electron chi connectivity index (χ3n) is 14.5. The average Bonchev–Trinajstić information content (AvgIpc) is 4.06. The Bertz CT molecular complexity index is 1280. The fraction of sp³-hybridized carbons (Fsp3) is 0.872. The van der Waals surface area contributed by atoms with E-state index >= 15 is 0 Å². The van der Waals surface area contributed by atoms with E-state index in [1.54, 1.807) is 0 Å². The number of carbonyl (C=O) groups is 6. The highest BCUT2D eigenvalue weighted by Gasteiger charge is 2.63. The van der Waals surface area contributed by atoms with Gasteiger partial charge in [0, 0.05) is 59.2 Å². The molecule has 0 aromatic carbocycles. The van der Waals surface area contributed by atoms with Gasteiger partial charge < -0.3 is 14.2 Å². The minimum Gasteiger partial charge on any atom is -0.465 e. The lowest BCUT2D eigenvalue weighted by Crippen LogP contribution is -2.33. The van der Waals surface area contributed by atoms with Crippen LogP contribution in [0.25, 0.3) is 0 Å². The molecule has 322 valence electrons. The molecule has 0 N–H and O–H groups in total. The molecule has 0 amide bonds. The normalized spacial score (nSPS) is 32.4. The summed E-state index contributed by atoms with van der Waals surface area (Å²) in [5.74, 6) is 3.31. The van der Waals surface area contributed by atoms with E-state index in [0.717, 1.165) is 44.9 Å². The summed E-state index contributed by atoms with van der Waals surface area (Å²) in [6.45, 7) is 30.5. The molecule has 11 unspecified atom stereocenters. The summed E-state index contributed by atoms with van der Waals surface area (Å²) >= 11 is 0. The molecule has 0 spiro atoms. The minimum atomic E-state index is -0.303. The zero-order valence-corrected chi connectivity index (χ0v) is 38.0. The highest BCUT2D eigenvalue weighted by atomic mass is 16.6. The molecule has 7 aliphatic rings. The molecule has 9 nitrogen and oxygen atoms in total. The Labute approximate surface area is 340 Å². The van der Waals surface area contributed by atoms with Crippen LogP contribution in [0.3, 0.4) is 0 Å². The van der Waals surface area contributed by atoms with Crippen molar-refractivity contribution in [2.45, 2.75) is 187 Å². The summed E-state index contributed by atoms with van der Waals surface area (Å²) in [6, 6.07) is 0. The molecule has 7 fully saturated rings. The van der Waals surface area contributed by atoms with Crippen LogP contribution in [0.2, 0.25) is 0 Å². The molecule has 3 heterocycles. The van der Waals surface area contributed by atoms with Crippen molar-refractivity contribution < 1.29 is 43.0 Å². The van der Waals surface area contributed by atoms with Crippen LogP contribution in [0.4, 0.5) is 0 Å². The Hall–Kier alpha value is -2.58. The lowest BCUT2D eigenvalue weighted by Gasteiger charge is -2.28. The van der Waals surface area contributed by atoms with E-state index in [1.165, 1.54) is 0 Å². The van der Waals surface area contributed by atoms with Crippen LogP contribution in [0, 0.1) is 69.5 Å². The molecule has 4 saturated carbocycles. The Kier molecular flexibility index (Phi) is 18.5. The monoisotopic (exact) mass is 789 g/mol. The van der Waals surface area contributed by atoms with E-state index in [9.17, 15) is 28.8 Å². The number of carbonyl (C=O) groups excluding carboxylic acids is 6. The maximum absolute atomic E-state index is 12.3. The molecule has 4 aliphatic carbocycles. The van der Waals surface area contributed by atoms with Crippen molar-refractivity contribution in [1.29, 1.82) is 0 Å². The highest BCUT2D eigenvalue weighted by molar-refractivity contribution is 5.89. The lowest BCUT2D eigenvalue weighted by atomic mass is 9.75. The third kappa shape index (κ3) is 10.7. The van der Waals surface area contributed by atoms with Crippen LogP contribution < -0.4 is 0 Å². The standard InChI is InChI=1S/2C15H22O3.C11H18O3.3C2H6/c2*1-4-15(2,3)12(16)7-9-8-5-10-11(6-8)14(17)18-13(9)10;1-4-11(2,3)9(12)7-8-5-6-14-10(8)13;3*1-2/h2*8-11,13H,4-7H2,1-3H3;8H,4-7H2,1-3H3;3*1-2H3. The predicted octanol–water partition coefficient (Wildman–Crippen LogP) is 10.2. The van der Waals surface area contributed by atoms with Gasteiger partial charge in [-0.1, -0.05) is 104 Å². The first-order valence-corrected chi connectivity index (χ1v) is 22.5. The minimum absolute atomic E-state index is 0.00259. The number of ketones is 3. The number of hydrogen-bond donors (Lipinski definition) is 0. The number of Topliss-reactive ketones (excluding diaryl/α,β-unsaturated/α-hetero) is 3. The Morgan fingerprint density at radius 3 is 1.18 bits per heavy atom. The SMILES string of the molecule is CC.CC.CC.CCC(C)(C)C(=O)CC1C2CC3C(=O)OC1C3C2.CCC(C)(C)C(=O)CC1C2CC3C(=O)OC1C3C2.CCC(C)(C)C(=O)CC1CCOC1=O. The molecule has 9 heteroatoms. The van der Waals surface area contributed by atoms with Crippen LogP contribution in [-0.2, 0) is 43.0 Å². The summed E-state index contributed by atoms with van der Waals surface area (Å²) < 4.78 is 15.8. The van der Waals surface area contributed by atoms with E-state index < -0.39 is 0 Å². The first kappa shape index (κ1) is 49.6. The van der Waals surface area contributed by atoms with Gasteiger partial charge in [0.25, 0.3) is 0 Å². The second-order valence-corrected chi connectivity index (χ2v) is 18.4. The van der Waals surface area contributed by atoms with Crippen LogP contribution in [0.1, 0.15) is 174 Å². The fourth-order valence-corrected chi connectivity index (χ4v) is 9.51. The van der Waals surface area contributed by atoms with Crippen LogP contribution in [0.5, 0.6) is 0 Å². The quantitative estimate of drug-likeness (QED) is 0.140. The zero-order valence-electron chi connectivity index (χ0n) is 38.0. The number of cyclic esters (lactones) is 1. The van der Waals surface area contributed by atoms with Crippen LogP contribution in [0.15, 0.2) is 0 Å². The summed E-state index contributed by atoms with van der Waals surface area (Å²) in [5, 5.41) is 0. The Morgan fingerprint density at radius 1 is 0.536 bits per heavy atom. The first-order valence-electron chi connectivity index (χ1n) is 22.5. The van der Waals surface area contributed by atoms with Gasteiger partial charge in [0.05, 0.1) is 24.4 Å². The second kappa shape index (κ2) is 20.9. The maximum atomic E-state index is 12.3. The fourth-order valence-electron chi connectivity index (χ4n) is 9.51. The molecule has 11 atom stereocenters. The van der Waals surface area contributed by atoms with Crippen LogP contribution >= 0.6 is 0 Å². The first-order chi connectivity index (χ1) is 26.3. The molecular weight excluding hydrogens is 709 g/mol. The number of hydrogen-bond acceptors (Lipinski definition) is 9. The molecule has 3 aliphatic heterocycles. The molecule has 4 bridgehead atoms. The van der Waals surface area contributed by atoms with Gasteiger partial charge >= 0.3 is 17.9 Å². The van der Waals surface area contributed by atoms with Crippen molar-refractivity contribution in [3.05, 3.63) is 0 Å². The van der Waals surface area contributed by atoms with E-state index in [2.05, 4.69) is 13.8 Å². The highest BCUT2D eigenvalue weighted by Crippen LogP contribution is 2.59. The summed E-state index contributed by atoms with van der Waals surface area (Å²) in [4.78, 5) is 71.0. The van der Waals surface area contributed by atoms with E-state index in [0.29, 0.717) is 79.4 Å². The molecule has 7 rings (SSSR count). The summed E-state index contributed by atoms with van der Waals surface area (Å²) in [5.41, 5.74) is -0.767. The van der Waals surface area contributed by atoms with Gasteiger partial charge in [-0.15, -0.1) is 0 Å². The summed E-state index contributed by atoms with van der Waals surface area (Å²) in [6.07, 6.45) is 9.05. The lowest BCUT2D eigenvalue weighted by molar-refractivity contribution is -0.146. The van der Waals surface area contributed by atoms with Gasteiger partial charge in [-0.25, -0.2) is 0 Å². The van der Waals surface area contributed by atoms with Crippen molar-refractivity contribution in [1.82, 2.24) is 0 Å². The van der Waals surface area contributed by atoms with Crippen LogP contribution in [-0.4, -0.2) is 54.1 Å². The molecule has 3 saturated heterocycles. The molecular formula is C47H80O9. The summed E-state index contributed by atoms with van der Waals surface area (Å²) in [7, 11) is 0. The molecule has 56 heavy (non-hydrogen) atoms. The van der Waals surface area contributed by atoms with Gasteiger partial charge in [-0.2, -0.15) is 0 Å². The molecule has 0 aromatic rings. The topological polar surface area (TPSA) is 130 Å². The van der Waals surface area contributed by atoms with E-state index in [4.69, 9.17) is 14.2 Å².